The van der Waals surface area contributed by atoms with Crippen molar-refractivity contribution in [2.24, 2.45) is 5.73 Å². The third-order valence-electron chi connectivity index (χ3n) is 2.04. The summed E-state index contributed by atoms with van der Waals surface area (Å²) in [6.45, 7) is 3.59. The monoisotopic (exact) mass is 247 g/mol. The average molecular weight is 248 g/mol. The first-order valence-corrected chi connectivity index (χ1v) is 6.67. The zero-order chi connectivity index (χ0) is 11.9. The Labute approximate surface area is 95.2 Å². The smallest absolute Gasteiger partial charge is 0.175 e. The van der Waals surface area contributed by atoms with Crippen molar-refractivity contribution in [3.63, 3.8) is 0 Å². The van der Waals surface area contributed by atoms with E-state index in [0.29, 0.717) is 10.6 Å². The third-order valence-corrected chi connectivity index (χ3v) is 3.35. The Morgan fingerprint density at radius 3 is 2.20 bits per heavy atom. The fourth-order valence-electron chi connectivity index (χ4n) is 1.15. The molecular formula is C10H14ClNO2S. The Kier molecular flexibility index (Phi) is 3.14. The van der Waals surface area contributed by atoms with Crippen molar-refractivity contribution in [2.75, 3.05) is 6.26 Å². The van der Waals surface area contributed by atoms with E-state index < -0.39 is 15.4 Å². The lowest BCUT2D eigenvalue weighted by Gasteiger charge is -2.20. The van der Waals surface area contributed by atoms with Crippen molar-refractivity contribution in [3.05, 3.63) is 28.8 Å². The molecule has 0 bridgehead atoms. The molecule has 0 atom stereocenters. The molecule has 0 aliphatic rings. The Morgan fingerprint density at radius 1 is 1.27 bits per heavy atom. The lowest BCUT2D eigenvalue weighted by molar-refractivity contribution is 0.552. The van der Waals surface area contributed by atoms with E-state index in [9.17, 15) is 8.42 Å². The maximum absolute atomic E-state index is 11.4. The quantitative estimate of drug-likeness (QED) is 0.869. The minimum Gasteiger partial charge on any atom is -0.322 e. The van der Waals surface area contributed by atoms with Gasteiger partial charge in [-0.15, -0.1) is 0 Å². The second-order valence-electron chi connectivity index (χ2n) is 4.17. The standard InChI is InChI=1S/C10H14ClNO2S/c1-10(2,12)7-4-8(11)6-9(5-7)15(3,13)14/h4-6H,12H2,1-3H3. The Morgan fingerprint density at radius 2 is 1.80 bits per heavy atom. The fourth-order valence-corrected chi connectivity index (χ4v) is 2.13. The normalized spacial score (nSPS) is 12.9. The summed E-state index contributed by atoms with van der Waals surface area (Å²) >= 11 is 5.84. The van der Waals surface area contributed by atoms with Gasteiger partial charge in [0.05, 0.1) is 4.90 Å². The highest BCUT2D eigenvalue weighted by Crippen LogP contribution is 2.25. The van der Waals surface area contributed by atoms with E-state index in [4.69, 9.17) is 17.3 Å². The number of rotatable bonds is 2. The van der Waals surface area contributed by atoms with Crippen LogP contribution in [0.1, 0.15) is 19.4 Å². The zero-order valence-electron chi connectivity index (χ0n) is 8.91. The third kappa shape index (κ3) is 3.19. The number of benzene rings is 1. The van der Waals surface area contributed by atoms with E-state index in [-0.39, 0.29) is 4.90 Å². The van der Waals surface area contributed by atoms with Gasteiger partial charge in [-0.25, -0.2) is 8.42 Å². The molecule has 3 nitrogen and oxygen atoms in total. The van der Waals surface area contributed by atoms with Crippen LogP contribution in [0.25, 0.3) is 0 Å². The highest BCUT2D eigenvalue weighted by atomic mass is 35.5. The largest absolute Gasteiger partial charge is 0.322 e. The van der Waals surface area contributed by atoms with Crippen LogP contribution in [0.5, 0.6) is 0 Å². The summed E-state index contributed by atoms with van der Waals surface area (Å²) in [5.74, 6) is 0. The van der Waals surface area contributed by atoms with Crippen LogP contribution in [0.15, 0.2) is 23.1 Å². The number of hydrogen-bond donors (Lipinski definition) is 1. The molecule has 0 saturated carbocycles. The summed E-state index contributed by atoms with van der Waals surface area (Å²) in [7, 11) is -3.25. The van der Waals surface area contributed by atoms with Crippen LogP contribution in [-0.2, 0) is 15.4 Å². The van der Waals surface area contributed by atoms with Gasteiger partial charge in [-0.2, -0.15) is 0 Å². The van der Waals surface area contributed by atoms with Crippen molar-refractivity contribution in [1.82, 2.24) is 0 Å². The molecule has 0 aliphatic carbocycles. The van der Waals surface area contributed by atoms with Crippen molar-refractivity contribution in [1.29, 1.82) is 0 Å². The van der Waals surface area contributed by atoms with Crippen LogP contribution in [-0.4, -0.2) is 14.7 Å². The molecule has 1 aromatic rings. The fraction of sp³-hybridized carbons (Fsp3) is 0.400. The van der Waals surface area contributed by atoms with Gasteiger partial charge in [-0.3, -0.25) is 0 Å². The number of nitrogens with two attached hydrogens (primary N) is 1. The number of hydrogen-bond acceptors (Lipinski definition) is 3. The maximum atomic E-state index is 11.4. The van der Waals surface area contributed by atoms with Gasteiger partial charge in [-0.05, 0) is 37.6 Å². The van der Waals surface area contributed by atoms with E-state index >= 15 is 0 Å². The lowest BCUT2D eigenvalue weighted by Crippen LogP contribution is -2.28. The molecule has 1 rings (SSSR count). The molecule has 1 aromatic carbocycles. The van der Waals surface area contributed by atoms with Crippen molar-refractivity contribution < 1.29 is 8.42 Å². The minimum atomic E-state index is -3.25. The molecule has 0 radical (unpaired) electrons. The van der Waals surface area contributed by atoms with Crippen LogP contribution in [0.2, 0.25) is 5.02 Å². The molecule has 0 amide bonds. The van der Waals surface area contributed by atoms with E-state index in [1.54, 1.807) is 26.0 Å². The molecule has 15 heavy (non-hydrogen) atoms. The van der Waals surface area contributed by atoms with Gasteiger partial charge < -0.3 is 5.73 Å². The molecule has 5 heteroatoms. The molecule has 0 aromatic heterocycles. The molecule has 0 unspecified atom stereocenters. The van der Waals surface area contributed by atoms with Crippen LogP contribution in [0.3, 0.4) is 0 Å². The van der Waals surface area contributed by atoms with Crippen LogP contribution in [0.4, 0.5) is 0 Å². The van der Waals surface area contributed by atoms with Gasteiger partial charge in [0, 0.05) is 16.8 Å². The van der Waals surface area contributed by atoms with Crippen LogP contribution < -0.4 is 5.73 Å². The molecule has 0 aliphatic heterocycles. The first kappa shape index (κ1) is 12.5. The van der Waals surface area contributed by atoms with E-state index in [1.807, 2.05) is 0 Å². The van der Waals surface area contributed by atoms with Gasteiger partial charge in [-0.1, -0.05) is 11.6 Å². The number of halogens is 1. The molecule has 0 spiro atoms. The van der Waals surface area contributed by atoms with Gasteiger partial charge in [0.1, 0.15) is 0 Å². The summed E-state index contributed by atoms with van der Waals surface area (Å²) in [5, 5.41) is 0.381. The predicted octanol–water partition coefficient (Wildman–Crippen LogP) is 1.94. The second kappa shape index (κ2) is 3.77. The zero-order valence-corrected chi connectivity index (χ0v) is 10.5. The summed E-state index contributed by atoms with van der Waals surface area (Å²) < 4.78 is 22.7. The maximum Gasteiger partial charge on any atom is 0.175 e. The van der Waals surface area contributed by atoms with Gasteiger partial charge >= 0.3 is 0 Å². The Balaban J connectivity index is 3.43. The minimum absolute atomic E-state index is 0.198. The highest BCUT2D eigenvalue weighted by Gasteiger charge is 2.18. The van der Waals surface area contributed by atoms with Gasteiger partial charge in [0.2, 0.25) is 0 Å². The second-order valence-corrected chi connectivity index (χ2v) is 6.62. The topological polar surface area (TPSA) is 60.2 Å². The first-order chi connectivity index (χ1) is 6.60. The van der Waals surface area contributed by atoms with Crippen molar-refractivity contribution >= 4 is 21.4 Å². The average Bonchev–Trinajstić information content (AvgIpc) is 1.99. The summed E-state index contributed by atoms with van der Waals surface area (Å²) in [4.78, 5) is 0.198. The summed E-state index contributed by atoms with van der Waals surface area (Å²) in [6, 6.07) is 4.66. The van der Waals surface area contributed by atoms with E-state index in [2.05, 4.69) is 0 Å². The first-order valence-electron chi connectivity index (χ1n) is 4.41. The Bertz CT molecular complexity index is 475. The molecule has 2 N–H and O–H groups in total. The summed E-state index contributed by atoms with van der Waals surface area (Å²) in [6.07, 6.45) is 1.14. The SMILES string of the molecule is CC(C)(N)c1cc(Cl)cc(S(C)(=O)=O)c1. The van der Waals surface area contributed by atoms with Gasteiger partial charge in [0.25, 0.3) is 0 Å². The van der Waals surface area contributed by atoms with E-state index in [1.165, 1.54) is 6.07 Å². The molecular weight excluding hydrogens is 234 g/mol. The highest BCUT2D eigenvalue weighted by molar-refractivity contribution is 7.90. The molecule has 0 fully saturated rings. The molecule has 0 heterocycles. The van der Waals surface area contributed by atoms with Crippen LogP contribution >= 0.6 is 11.6 Å². The molecule has 84 valence electrons. The lowest BCUT2D eigenvalue weighted by atomic mass is 9.96. The Hall–Kier alpha value is -0.580. The van der Waals surface area contributed by atoms with E-state index in [0.717, 1.165) is 6.26 Å². The predicted molar refractivity (Wildman–Crippen MR) is 61.8 cm³/mol. The van der Waals surface area contributed by atoms with Crippen molar-refractivity contribution in [3.8, 4) is 0 Å². The van der Waals surface area contributed by atoms with Crippen molar-refractivity contribution in [2.45, 2.75) is 24.3 Å². The van der Waals surface area contributed by atoms with Gasteiger partial charge in [0.15, 0.2) is 9.84 Å². The van der Waals surface area contributed by atoms with Crippen LogP contribution in [0, 0.1) is 0 Å². The number of sulfone groups is 1. The molecule has 0 saturated heterocycles. The summed E-state index contributed by atoms with van der Waals surface area (Å²) in [5.41, 5.74) is 5.98.